The Morgan fingerprint density at radius 3 is 2.67 bits per heavy atom. The van der Waals surface area contributed by atoms with Crippen molar-refractivity contribution < 1.29 is 4.74 Å². The Hall–Kier alpha value is 0.270. The summed E-state index contributed by atoms with van der Waals surface area (Å²) in [5.41, 5.74) is 0. The minimum Gasteiger partial charge on any atom is -0.380 e. The maximum atomic E-state index is 5.41. The molecule has 0 rings (SSSR count). The Kier molecular flexibility index (Phi) is 9.57. The van der Waals surface area contributed by atoms with E-state index in [9.17, 15) is 0 Å². The molecular formula is C9H21NOS. The molecule has 0 fully saturated rings. The maximum absolute atomic E-state index is 5.41. The van der Waals surface area contributed by atoms with Crippen molar-refractivity contribution in [3.05, 3.63) is 0 Å². The van der Waals surface area contributed by atoms with Crippen LogP contribution in [-0.2, 0) is 4.74 Å². The second-order valence-electron chi connectivity index (χ2n) is 3.21. The molecule has 0 spiro atoms. The highest BCUT2D eigenvalue weighted by Crippen LogP contribution is 1.91. The Morgan fingerprint density at radius 1 is 1.33 bits per heavy atom. The summed E-state index contributed by atoms with van der Waals surface area (Å²) < 4.78 is 5.41. The van der Waals surface area contributed by atoms with Gasteiger partial charge in [0.1, 0.15) is 0 Å². The number of ether oxygens (including phenoxy) is 1. The number of nitrogens with one attached hydrogen (secondary N) is 1. The van der Waals surface area contributed by atoms with E-state index in [2.05, 4.69) is 25.4 Å². The SMILES string of the molecule is CSCCNCCOCC(C)C. The monoisotopic (exact) mass is 191 g/mol. The summed E-state index contributed by atoms with van der Waals surface area (Å²) in [7, 11) is 0. The van der Waals surface area contributed by atoms with Gasteiger partial charge in [0.25, 0.3) is 0 Å². The zero-order valence-electron chi connectivity index (χ0n) is 8.43. The summed E-state index contributed by atoms with van der Waals surface area (Å²) >= 11 is 1.87. The minimum atomic E-state index is 0.649. The van der Waals surface area contributed by atoms with Crippen LogP contribution in [0.3, 0.4) is 0 Å². The zero-order chi connectivity index (χ0) is 9.23. The van der Waals surface area contributed by atoms with Crippen molar-refractivity contribution in [2.24, 2.45) is 5.92 Å². The van der Waals surface area contributed by atoms with E-state index in [-0.39, 0.29) is 0 Å². The predicted octanol–water partition coefficient (Wildman–Crippen LogP) is 1.61. The fourth-order valence-electron chi connectivity index (χ4n) is 0.763. The highest BCUT2D eigenvalue weighted by molar-refractivity contribution is 7.98. The highest BCUT2D eigenvalue weighted by atomic mass is 32.2. The van der Waals surface area contributed by atoms with Crippen LogP contribution >= 0.6 is 11.8 Å². The third-order valence-electron chi connectivity index (χ3n) is 1.36. The topological polar surface area (TPSA) is 21.3 Å². The lowest BCUT2D eigenvalue weighted by Gasteiger charge is -2.07. The molecule has 0 heterocycles. The van der Waals surface area contributed by atoms with Gasteiger partial charge in [0, 0.05) is 25.4 Å². The smallest absolute Gasteiger partial charge is 0.0591 e. The number of rotatable bonds is 8. The van der Waals surface area contributed by atoms with Crippen molar-refractivity contribution in [2.75, 3.05) is 38.3 Å². The quantitative estimate of drug-likeness (QED) is 0.589. The van der Waals surface area contributed by atoms with Crippen LogP contribution in [0, 0.1) is 5.92 Å². The molecule has 0 aliphatic rings. The van der Waals surface area contributed by atoms with Gasteiger partial charge in [-0.3, -0.25) is 0 Å². The van der Waals surface area contributed by atoms with Crippen molar-refractivity contribution in [1.82, 2.24) is 5.32 Å². The van der Waals surface area contributed by atoms with Crippen molar-refractivity contribution in [2.45, 2.75) is 13.8 Å². The summed E-state index contributed by atoms with van der Waals surface area (Å²) in [6, 6.07) is 0. The van der Waals surface area contributed by atoms with Crippen LogP contribution in [0.25, 0.3) is 0 Å². The third-order valence-corrected chi connectivity index (χ3v) is 1.97. The molecule has 74 valence electrons. The zero-order valence-corrected chi connectivity index (χ0v) is 9.25. The van der Waals surface area contributed by atoms with E-state index < -0.39 is 0 Å². The minimum absolute atomic E-state index is 0.649. The molecule has 1 N–H and O–H groups in total. The normalized spacial score (nSPS) is 11.0. The molecule has 2 nitrogen and oxygen atoms in total. The lowest BCUT2D eigenvalue weighted by molar-refractivity contribution is 0.112. The number of hydrogen-bond acceptors (Lipinski definition) is 3. The second kappa shape index (κ2) is 9.36. The van der Waals surface area contributed by atoms with Gasteiger partial charge in [-0.05, 0) is 12.2 Å². The molecule has 0 unspecified atom stereocenters. The van der Waals surface area contributed by atoms with E-state index in [0.29, 0.717) is 5.92 Å². The van der Waals surface area contributed by atoms with E-state index in [4.69, 9.17) is 4.74 Å². The average Bonchev–Trinajstić information content (AvgIpc) is 2.02. The van der Waals surface area contributed by atoms with E-state index in [1.807, 2.05) is 11.8 Å². The van der Waals surface area contributed by atoms with Gasteiger partial charge < -0.3 is 10.1 Å². The molecule has 12 heavy (non-hydrogen) atoms. The molecule has 0 aromatic heterocycles. The van der Waals surface area contributed by atoms with Crippen molar-refractivity contribution >= 4 is 11.8 Å². The molecule has 0 radical (unpaired) electrons. The van der Waals surface area contributed by atoms with E-state index in [0.717, 1.165) is 26.3 Å². The molecule has 0 atom stereocenters. The van der Waals surface area contributed by atoms with Gasteiger partial charge >= 0.3 is 0 Å². The fourth-order valence-corrected chi connectivity index (χ4v) is 1.11. The predicted molar refractivity (Wildman–Crippen MR) is 56.9 cm³/mol. The van der Waals surface area contributed by atoms with Crippen LogP contribution < -0.4 is 5.32 Å². The van der Waals surface area contributed by atoms with E-state index in [1.54, 1.807) is 0 Å². The molecule has 0 aromatic rings. The fraction of sp³-hybridized carbons (Fsp3) is 1.00. The molecule has 0 saturated heterocycles. The van der Waals surface area contributed by atoms with Gasteiger partial charge in [-0.1, -0.05) is 13.8 Å². The number of thioether (sulfide) groups is 1. The molecule has 0 aliphatic heterocycles. The van der Waals surface area contributed by atoms with Gasteiger partial charge in [-0.2, -0.15) is 11.8 Å². The third kappa shape index (κ3) is 10.3. The van der Waals surface area contributed by atoms with Crippen molar-refractivity contribution in [1.29, 1.82) is 0 Å². The molecule has 0 aromatic carbocycles. The standard InChI is InChI=1S/C9H21NOS/c1-9(2)8-11-6-4-10-5-7-12-3/h9-10H,4-8H2,1-3H3. The van der Waals surface area contributed by atoms with Crippen LogP contribution in [0.2, 0.25) is 0 Å². The average molecular weight is 191 g/mol. The van der Waals surface area contributed by atoms with Crippen LogP contribution in [-0.4, -0.2) is 38.3 Å². The summed E-state index contributed by atoms with van der Waals surface area (Å²) in [5.74, 6) is 1.83. The van der Waals surface area contributed by atoms with E-state index >= 15 is 0 Å². The van der Waals surface area contributed by atoms with Gasteiger partial charge in [-0.15, -0.1) is 0 Å². The van der Waals surface area contributed by atoms with Gasteiger partial charge in [0.05, 0.1) is 6.61 Å². The van der Waals surface area contributed by atoms with Crippen LogP contribution in [0.15, 0.2) is 0 Å². The summed E-state index contributed by atoms with van der Waals surface area (Å²) in [4.78, 5) is 0. The molecule has 3 heteroatoms. The van der Waals surface area contributed by atoms with Crippen molar-refractivity contribution in [3.8, 4) is 0 Å². The van der Waals surface area contributed by atoms with Crippen molar-refractivity contribution in [3.63, 3.8) is 0 Å². The second-order valence-corrected chi connectivity index (χ2v) is 4.20. The molecule has 0 saturated carbocycles. The first-order valence-corrected chi connectivity index (χ1v) is 5.94. The van der Waals surface area contributed by atoms with E-state index in [1.165, 1.54) is 5.75 Å². The Balaban J connectivity index is 2.82. The summed E-state index contributed by atoms with van der Waals surface area (Å²) in [6.45, 7) is 8.12. The van der Waals surface area contributed by atoms with Gasteiger partial charge in [0.15, 0.2) is 0 Å². The summed E-state index contributed by atoms with van der Waals surface area (Å²) in [6.07, 6.45) is 2.12. The lowest BCUT2D eigenvalue weighted by atomic mass is 10.2. The molecular weight excluding hydrogens is 170 g/mol. The lowest BCUT2D eigenvalue weighted by Crippen LogP contribution is -2.22. The Morgan fingerprint density at radius 2 is 2.08 bits per heavy atom. The molecule has 0 amide bonds. The highest BCUT2D eigenvalue weighted by Gasteiger charge is 1.92. The molecule has 0 bridgehead atoms. The summed E-state index contributed by atoms with van der Waals surface area (Å²) in [5, 5.41) is 3.31. The first-order chi connectivity index (χ1) is 5.77. The first-order valence-electron chi connectivity index (χ1n) is 4.54. The number of hydrogen-bond donors (Lipinski definition) is 1. The van der Waals surface area contributed by atoms with Crippen LogP contribution in [0.5, 0.6) is 0 Å². The van der Waals surface area contributed by atoms with Gasteiger partial charge in [0.2, 0.25) is 0 Å². The largest absolute Gasteiger partial charge is 0.380 e. The Bertz CT molecular complexity index is 88.6. The first kappa shape index (κ1) is 12.3. The molecule has 0 aliphatic carbocycles. The van der Waals surface area contributed by atoms with Crippen LogP contribution in [0.4, 0.5) is 0 Å². The Labute approximate surface area is 80.4 Å². The van der Waals surface area contributed by atoms with Crippen LogP contribution in [0.1, 0.15) is 13.8 Å². The maximum Gasteiger partial charge on any atom is 0.0591 e. The van der Waals surface area contributed by atoms with Gasteiger partial charge in [-0.25, -0.2) is 0 Å².